The molecule has 1 aliphatic rings. The lowest BCUT2D eigenvalue weighted by Crippen LogP contribution is -2.52. The van der Waals surface area contributed by atoms with E-state index in [1.807, 2.05) is 19.0 Å². The summed E-state index contributed by atoms with van der Waals surface area (Å²) < 4.78 is 0. The van der Waals surface area contributed by atoms with Crippen molar-refractivity contribution in [3.8, 4) is 6.07 Å². The predicted octanol–water partition coefficient (Wildman–Crippen LogP) is 0.453. The maximum absolute atomic E-state index is 11.1. The molecule has 0 unspecified atom stereocenters. The lowest BCUT2D eigenvalue weighted by molar-refractivity contribution is -0.130. The molecule has 0 atom stereocenters. The van der Waals surface area contributed by atoms with Crippen molar-refractivity contribution in [2.24, 2.45) is 0 Å². The number of carbonyl (C=O) groups excluding carboxylic acids is 1. The largest absolute Gasteiger partial charge is 0.343 e. The monoisotopic (exact) mass is 195 g/mol. The number of nitrogens with zero attached hydrogens (tertiary/aromatic N) is 3. The topological polar surface area (TPSA) is 47.3 Å². The fourth-order valence-corrected chi connectivity index (χ4v) is 1.85. The molecule has 78 valence electrons. The van der Waals surface area contributed by atoms with Crippen molar-refractivity contribution in [2.45, 2.75) is 25.3 Å². The molecule has 1 fully saturated rings. The van der Waals surface area contributed by atoms with E-state index in [0.29, 0.717) is 13.1 Å². The molecule has 0 aromatic carbocycles. The maximum Gasteiger partial charge on any atom is 0.219 e. The summed E-state index contributed by atoms with van der Waals surface area (Å²) in [6.07, 6.45) is 1.49. The minimum Gasteiger partial charge on any atom is -0.343 e. The number of likely N-dealkylation sites (tertiary alicyclic amines) is 1. The molecule has 0 aromatic rings. The van der Waals surface area contributed by atoms with Crippen molar-refractivity contribution in [3.63, 3.8) is 0 Å². The standard InChI is InChI=1S/C10H17N3O/c1-9(14)13-6-4-10(8-11,5-7-13)12(2)3/h4-7H2,1-3H3. The Kier molecular flexibility index (Phi) is 3.12. The molecule has 1 amide bonds. The Bertz CT molecular complexity index is 259. The first-order chi connectivity index (χ1) is 6.52. The van der Waals surface area contributed by atoms with Gasteiger partial charge >= 0.3 is 0 Å². The molecule has 1 saturated heterocycles. The van der Waals surface area contributed by atoms with E-state index in [1.54, 1.807) is 11.8 Å². The molecular weight excluding hydrogens is 178 g/mol. The number of hydrogen-bond donors (Lipinski definition) is 0. The van der Waals surface area contributed by atoms with Gasteiger partial charge in [-0.2, -0.15) is 5.26 Å². The van der Waals surface area contributed by atoms with Gasteiger partial charge in [-0.05, 0) is 26.9 Å². The molecule has 0 bridgehead atoms. The lowest BCUT2D eigenvalue weighted by Gasteiger charge is -2.40. The number of hydrogen-bond acceptors (Lipinski definition) is 3. The Morgan fingerprint density at radius 1 is 1.43 bits per heavy atom. The van der Waals surface area contributed by atoms with Gasteiger partial charge in [0.25, 0.3) is 0 Å². The summed E-state index contributed by atoms with van der Waals surface area (Å²) in [7, 11) is 3.85. The van der Waals surface area contributed by atoms with Crippen LogP contribution in [0, 0.1) is 11.3 Å². The number of nitriles is 1. The highest BCUT2D eigenvalue weighted by Gasteiger charge is 2.37. The molecular formula is C10H17N3O. The Morgan fingerprint density at radius 3 is 2.21 bits per heavy atom. The Labute approximate surface area is 85.1 Å². The molecule has 4 nitrogen and oxygen atoms in total. The van der Waals surface area contributed by atoms with Crippen LogP contribution in [0.3, 0.4) is 0 Å². The minimum absolute atomic E-state index is 0.107. The normalized spacial score (nSPS) is 20.6. The van der Waals surface area contributed by atoms with E-state index in [-0.39, 0.29) is 11.4 Å². The molecule has 0 N–H and O–H groups in total. The zero-order valence-electron chi connectivity index (χ0n) is 9.08. The van der Waals surface area contributed by atoms with Crippen molar-refractivity contribution in [3.05, 3.63) is 0 Å². The van der Waals surface area contributed by atoms with Gasteiger partial charge in [-0.3, -0.25) is 9.69 Å². The quantitative estimate of drug-likeness (QED) is 0.610. The van der Waals surface area contributed by atoms with E-state index in [1.165, 1.54) is 0 Å². The van der Waals surface area contributed by atoms with Gasteiger partial charge in [-0.1, -0.05) is 0 Å². The van der Waals surface area contributed by atoms with Gasteiger partial charge in [0.2, 0.25) is 5.91 Å². The van der Waals surface area contributed by atoms with Crippen LogP contribution < -0.4 is 0 Å². The van der Waals surface area contributed by atoms with Crippen LogP contribution in [0.2, 0.25) is 0 Å². The number of carbonyl (C=O) groups is 1. The zero-order valence-corrected chi connectivity index (χ0v) is 9.08. The van der Waals surface area contributed by atoms with Crippen LogP contribution >= 0.6 is 0 Å². The van der Waals surface area contributed by atoms with E-state index >= 15 is 0 Å². The molecule has 0 radical (unpaired) electrons. The number of amides is 1. The molecule has 1 heterocycles. The third kappa shape index (κ3) is 1.88. The summed E-state index contributed by atoms with van der Waals surface area (Å²) in [5.41, 5.74) is -0.369. The second kappa shape index (κ2) is 3.97. The highest BCUT2D eigenvalue weighted by Crippen LogP contribution is 2.26. The highest BCUT2D eigenvalue weighted by molar-refractivity contribution is 5.73. The number of piperidine rings is 1. The first-order valence-corrected chi connectivity index (χ1v) is 4.86. The fraction of sp³-hybridized carbons (Fsp3) is 0.800. The van der Waals surface area contributed by atoms with Crippen LogP contribution in [0.15, 0.2) is 0 Å². The van der Waals surface area contributed by atoms with Crippen molar-refractivity contribution in [1.29, 1.82) is 5.26 Å². The first kappa shape index (κ1) is 11.0. The van der Waals surface area contributed by atoms with Crippen LogP contribution in [0.1, 0.15) is 19.8 Å². The van der Waals surface area contributed by atoms with Gasteiger partial charge in [-0.25, -0.2) is 0 Å². The maximum atomic E-state index is 11.1. The van der Waals surface area contributed by atoms with Crippen molar-refractivity contribution >= 4 is 5.91 Å². The lowest BCUT2D eigenvalue weighted by atomic mass is 9.88. The summed E-state index contributed by atoms with van der Waals surface area (Å²) in [6.45, 7) is 2.97. The zero-order chi connectivity index (χ0) is 10.8. The molecule has 1 rings (SSSR count). The van der Waals surface area contributed by atoms with E-state index in [9.17, 15) is 4.79 Å². The van der Waals surface area contributed by atoms with Gasteiger partial charge in [0.15, 0.2) is 0 Å². The van der Waals surface area contributed by atoms with Crippen molar-refractivity contribution < 1.29 is 4.79 Å². The third-order valence-electron chi connectivity index (χ3n) is 3.10. The molecule has 1 aliphatic heterocycles. The summed E-state index contributed by atoms with van der Waals surface area (Å²) in [6, 6.07) is 2.36. The summed E-state index contributed by atoms with van der Waals surface area (Å²) in [5, 5.41) is 9.14. The third-order valence-corrected chi connectivity index (χ3v) is 3.10. The summed E-state index contributed by atoms with van der Waals surface area (Å²) in [5.74, 6) is 0.107. The van der Waals surface area contributed by atoms with E-state index in [0.717, 1.165) is 12.8 Å². The van der Waals surface area contributed by atoms with Crippen LogP contribution in [-0.2, 0) is 4.79 Å². The van der Waals surface area contributed by atoms with E-state index in [2.05, 4.69) is 6.07 Å². The SMILES string of the molecule is CC(=O)N1CCC(C#N)(N(C)C)CC1. The van der Waals surface area contributed by atoms with Crippen LogP contribution in [0.5, 0.6) is 0 Å². The first-order valence-electron chi connectivity index (χ1n) is 4.86. The second-order valence-electron chi connectivity index (χ2n) is 4.04. The van der Waals surface area contributed by atoms with Crippen molar-refractivity contribution in [2.75, 3.05) is 27.2 Å². The minimum atomic E-state index is -0.369. The van der Waals surface area contributed by atoms with Crippen LogP contribution in [0.4, 0.5) is 0 Å². The molecule has 0 saturated carbocycles. The Morgan fingerprint density at radius 2 is 1.93 bits per heavy atom. The molecule has 14 heavy (non-hydrogen) atoms. The van der Waals surface area contributed by atoms with Crippen LogP contribution in [-0.4, -0.2) is 48.4 Å². The molecule has 0 aromatic heterocycles. The molecule has 0 aliphatic carbocycles. The van der Waals surface area contributed by atoms with Crippen LogP contribution in [0.25, 0.3) is 0 Å². The second-order valence-corrected chi connectivity index (χ2v) is 4.04. The molecule has 4 heteroatoms. The Balaban J connectivity index is 2.65. The fourth-order valence-electron chi connectivity index (χ4n) is 1.85. The average Bonchev–Trinajstić information content (AvgIpc) is 2.17. The van der Waals surface area contributed by atoms with Crippen molar-refractivity contribution in [1.82, 2.24) is 9.80 Å². The summed E-state index contributed by atoms with van der Waals surface area (Å²) in [4.78, 5) is 14.9. The molecule has 0 spiro atoms. The van der Waals surface area contributed by atoms with Gasteiger partial charge in [0.1, 0.15) is 5.54 Å². The van der Waals surface area contributed by atoms with Gasteiger partial charge in [0.05, 0.1) is 6.07 Å². The van der Waals surface area contributed by atoms with E-state index < -0.39 is 0 Å². The van der Waals surface area contributed by atoms with Gasteiger partial charge < -0.3 is 4.90 Å². The van der Waals surface area contributed by atoms with Gasteiger partial charge in [-0.15, -0.1) is 0 Å². The van der Waals surface area contributed by atoms with E-state index in [4.69, 9.17) is 5.26 Å². The number of rotatable bonds is 1. The average molecular weight is 195 g/mol. The predicted molar refractivity (Wildman–Crippen MR) is 53.5 cm³/mol. The summed E-state index contributed by atoms with van der Waals surface area (Å²) >= 11 is 0. The van der Waals surface area contributed by atoms with Gasteiger partial charge in [0, 0.05) is 20.0 Å². The Hall–Kier alpha value is -1.08. The smallest absolute Gasteiger partial charge is 0.219 e. The highest BCUT2D eigenvalue weighted by atomic mass is 16.2.